The number of hydrogen-bond acceptors (Lipinski definition) is 0. The van der Waals surface area contributed by atoms with Crippen molar-refractivity contribution < 1.29 is 0 Å². The van der Waals surface area contributed by atoms with Crippen molar-refractivity contribution in [3.05, 3.63) is 29.3 Å². The minimum atomic E-state index is 0.634. The molecule has 0 aliphatic carbocycles. The van der Waals surface area contributed by atoms with Gasteiger partial charge in [-0.25, -0.2) is 0 Å². The van der Waals surface area contributed by atoms with Gasteiger partial charge in [-0.15, -0.1) is 9.24 Å². The van der Waals surface area contributed by atoms with Gasteiger partial charge in [-0.2, -0.15) is 0 Å². The lowest BCUT2D eigenvalue weighted by Gasteiger charge is -2.07. The van der Waals surface area contributed by atoms with Crippen molar-refractivity contribution in [2.24, 2.45) is 0 Å². The number of benzene rings is 1. The second kappa shape index (κ2) is 6.16. The molecule has 0 saturated heterocycles. The van der Waals surface area contributed by atoms with E-state index in [2.05, 4.69) is 48.2 Å². The summed E-state index contributed by atoms with van der Waals surface area (Å²) in [6.07, 6.45) is 0. The van der Waals surface area contributed by atoms with Gasteiger partial charge in [0.25, 0.3) is 0 Å². The fourth-order valence-corrected chi connectivity index (χ4v) is 1.31. The minimum Gasteiger partial charge on any atom is -0.105 e. The Kier molecular flexibility index (Phi) is 5.99. The molecule has 0 bridgehead atoms. The van der Waals surface area contributed by atoms with E-state index >= 15 is 0 Å². The molecule has 0 amide bonds. The molecule has 0 aliphatic heterocycles. The van der Waals surface area contributed by atoms with Crippen molar-refractivity contribution in [3.63, 3.8) is 0 Å². The van der Waals surface area contributed by atoms with Crippen LogP contribution in [-0.2, 0) is 0 Å². The summed E-state index contributed by atoms with van der Waals surface area (Å²) in [6.45, 7) is 10.6. The quantitative estimate of drug-likeness (QED) is 0.601. The first-order valence-electron chi connectivity index (χ1n) is 4.97. The first kappa shape index (κ1) is 12.7. The zero-order valence-electron chi connectivity index (χ0n) is 9.39. The van der Waals surface area contributed by atoms with Crippen molar-refractivity contribution in [1.29, 1.82) is 0 Å². The first-order chi connectivity index (χ1) is 6.11. The van der Waals surface area contributed by atoms with Gasteiger partial charge in [0.05, 0.1) is 0 Å². The normalized spacial score (nSPS) is 9.46. The molecule has 0 heterocycles. The van der Waals surface area contributed by atoms with E-state index in [1.54, 1.807) is 0 Å². The van der Waals surface area contributed by atoms with E-state index in [4.69, 9.17) is 0 Å². The maximum absolute atomic E-state index is 2.77. The molecule has 1 aromatic rings. The van der Waals surface area contributed by atoms with Gasteiger partial charge in [0, 0.05) is 0 Å². The summed E-state index contributed by atoms with van der Waals surface area (Å²) in [5, 5.41) is 1.32. The molecule has 0 aliphatic rings. The number of aryl methyl sites for hydroxylation is 1. The van der Waals surface area contributed by atoms with Crippen molar-refractivity contribution >= 4 is 14.5 Å². The van der Waals surface area contributed by atoms with E-state index in [-0.39, 0.29) is 0 Å². The van der Waals surface area contributed by atoms with Gasteiger partial charge < -0.3 is 0 Å². The molecule has 13 heavy (non-hydrogen) atoms. The highest BCUT2D eigenvalue weighted by molar-refractivity contribution is 7.27. The van der Waals surface area contributed by atoms with Crippen LogP contribution in [0.5, 0.6) is 0 Å². The highest BCUT2D eigenvalue weighted by Crippen LogP contribution is 2.14. The first-order valence-corrected chi connectivity index (χ1v) is 5.55. The van der Waals surface area contributed by atoms with Crippen LogP contribution in [0.4, 0.5) is 0 Å². The van der Waals surface area contributed by atoms with Crippen molar-refractivity contribution in [2.45, 2.75) is 40.5 Å². The van der Waals surface area contributed by atoms with E-state index in [1.807, 2.05) is 13.8 Å². The summed E-state index contributed by atoms with van der Waals surface area (Å²) in [7, 11) is 2.77. The average molecular weight is 196 g/mol. The monoisotopic (exact) mass is 196 g/mol. The minimum absolute atomic E-state index is 0.634. The second-order valence-electron chi connectivity index (χ2n) is 3.27. The lowest BCUT2D eigenvalue weighted by molar-refractivity contribution is 0.867. The highest BCUT2D eigenvalue weighted by Gasteiger charge is 1.99. The Morgan fingerprint density at radius 2 is 1.69 bits per heavy atom. The predicted molar refractivity (Wildman–Crippen MR) is 66.0 cm³/mol. The van der Waals surface area contributed by atoms with Gasteiger partial charge in [-0.3, -0.25) is 0 Å². The average Bonchev–Trinajstić information content (AvgIpc) is 2.13. The number of hydrogen-bond donors (Lipinski definition) is 0. The van der Waals surface area contributed by atoms with Crippen LogP contribution >= 0.6 is 9.24 Å². The molecule has 0 saturated carbocycles. The third kappa shape index (κ3) is 3.91. The summed E-state index contributed by atoms with van der Waals surface area (Å²) < 4.78 is 0. The Labute approximate surface area is 85.0 Å². The van der Waals surface area contributed by atoms with Gasteiger partial charge >= 0.3 is 0 Å². The molecule has 1 rings (SSSR count). The van der Waals surface area contributed by atoms with Gasteiger partial charge in [-0.1, -0.05) is 45.9 Å². The van der Waals surface area contributed by atoms with Crippen molar-refractivity contribution in [1.82, 2.24) is 0 Å². The zero-order chi connectivity index (χ0) is 10.4. The summed E-state index contributed by atoms with van der Waals surface area (Å²) in [5.41, 5.74) is 2.76. The Balaban J connectivity index is 0.000000671. The molecule has 0 nitrogen and oxygen atoms in total. The highest BCUT2D eigenvalue weighted by atomic mass is 31.0. The van der Waals surface area contributed by atoms with E-state index in [9.17, 15) is 0 Å². The molecular weight excluding hydrogens is 175 g/mol. The molecule has 0 fully saturated rings. The van der Waals surface area contributed by atoms with Gasteiger partial charge in [0.2, 0.25) is 0 Å². The second-order valence-corrected chi connectivity index (χ2v) is 3.89. The molecular formula is C12H21P. The molecule has 0 spiro atoms. The molecule has 0 aromatic heterocycles. The topological polar surface area (TPSA) is 0 Å². The van der Waals surface area contributed by atoms with Crippen LogP contribution in [0.25, 0.3) is 0 Å². The molecule has 1 aromatic carbocycles. The Morgan fingerprint density at radius 3 is 2.08 bits per heavy atom. The fourth-order valence-electron chi connectivity index (χ4n) is 1.02. The summed E-state index contributed by atoms with van der Waals surface area (Å²) in [6, 6.07) is 6.62. The Hall–Kier alpha value is -0.350. The zero-order valence-corrected chi connectivity index (χ0v) is 10.5. The molecule has 1 heteroatoms. The van der Waals surface area contributed by atoms with Crippen LogP contribution in [0.15, 0.2) is 18.2 Å². The summed E-state index contributed by atoms with van der Waals surface area (Å²) in [4.78, 5) is 0. The smallest absolute Gasteiger partial charge is 0.0219 e. The van der Waals surface area contributed by atoms with E-state index in [1.165, 1.54) is 16.4 Å². The molecule has 74 valence electrons. The molecule has 0 radical (unpaired) electrons. The Bertz CT molecular complexity index is 251. The van der Waals surface area contributed by atoms with Crippen LogP contribution in [0.2, 0.25) is 0 Å². The van der Waals surface area contributed by atoms with E-state index < -0.39 is 0 Å². The van der Waals surface area contributed by atoms with Gasteiger partial charge in [0.15, 0.2) is 0 Å². The molecule has 0 N–H and O–H groups in total. The third-order valence-corrected chi connectivity index (χ3v) is 2.59. The lowest BCUT2D eigenvalue weighted by atomic mass is 10.0. The number of rotatable bonds is 1. The summed E-state index contributed by atoms with van der Waals surface area (Å²) in [5.74, 6) is 0.634. The van der Waals surface area contributed by atoms with E-state index in [0.717, 1.165) is 0 Å². The van der Waals surface area contributed by atoms with Crippen LogP contribution in [0.1, 0.15) is 44.7 Å². The van der Waals surface area contributed by atoms with Crippen LogP contribution < -0.4 is 5.30 Å². The van der Waals surface area contributed by atoms with Gasteiger partial charge in [-0.05, 0) is 29.3 Å². The third-order valence-electron chi connectivity index (χ3n) is 1.97. The summed E-state index contributed by atoms with van der Waals surface area (Å²) >= 11 is 0. The van der Waals surface area contributed by atoms with Crippen LogP contribution in [-0.4, -0.2) is 0 Å². The van der Waals surface area contributed by atoms with Crippen molar-refractivity contribution in [2.75, 3.05) is 0 Å². The largest absolute Gasteiger partial charge is 0.105 e. The maximum Gasteiger partial charge on any atom is -0.0219 e. The van der Waals surface area contributed by atoms with Crippen LogP contribution in [0.3, 0.4) is 0 Å². The maximum atomic E-state index is 2.77. The molecule has 1 atom stereocenters. The lowest BCUT2D eigenvalue weighted by Crippen LogP contribution is -1.99. The van der Waals surface area contributed by atoms with Crippen molar-refractivity contribution in [3.8, 4) is 0 Å². The van der Waals surface area contributed by atoms with Crippen LogP contribution in [0, 0.1) is 6.92 Å². The van der Waals surface area contributed by atoms with Gasteiger partial charge in [0.1, 0.15) is 0 Å². The Morgan fingerprint density at radius 1 is 1.15 bits per heavy atom. The predicted octanol–water partition coefficient (Wildman–Crippen LogP) is 3.65. The SMILES string of the molecule is CC.Cc1ccc(C(C)C)cc1P. The van der Waals surface area contributed by atoms with E-state index in [0.29, 0.717) is 5.92 Å². The fraction of sp³-hybridized carbons (Fsp3) is 0.500. The standard InChI is InChI=1S/C10H15P.C2H6/c1-7(2)9-5-4-8(3)10(11)6-9;1-2/h4-7H,11H2,1-3H3;1-2H3. The molecule has 1 unspecified atom stereocenters.